The maximum atomic E-state index is 12.8. The van der Waals surface area contributed by atoms with Gasteiger partial charge in [-0.25, -0.2) is 0 Å². The molecule has 0 aromatic heterocycles. The van der Waals surface area contributed by atoms with Crippen LogP contribution in [0.25, 0.3) is 0 Å². The number of fused-ring (bicyclic) bond motifs is 1. The number of carbonyl (C=O) groups is 2. The molecule has 1 atom stereocenters. The number of carbonyl (C=O) groups excluding carboxylic acids is 2. The molecule has 0 bridgehead atoms. The number of likely N-dealkylation sites (tertiary alicyclic amines) is 1. The van der Waals surface area contributed by atoms with E-state index in [-0.39, 0.29) is 24.1 Å². The lowest BCUT2D eigenvalue weighted by Crippen LogP contribution is -2.43. The van der Waals surface area contributed by atoms with Gasteiger partial charge in [-0.05, 0) is 38.0 Å². The van der Waals surface area contributed by atoms with Crippen molar-refractivity contribution in [3.63, 3.8) is 0 Å². The number of nitrogens with one attached hydrogen (secondary N) is 1. The summed E-state index contributed by atoms with van der Waals surface area (Å²) in [6.45, 7) is 3.76. The Morgan fingerprint density at radius 1 is 1.33 bits per heavy atom. The van der Waals surface area contributed by atoms with Crippen LogP contribution in [-0.2, 0) is 20.5 Å². The number of thioether (sulfide) groups is 1. The molecule has 2 aliphatic rings. The van der Waals surface area contributed by atoms with Gasteiger partial charge in [0.15, 0.2) is 0 Å². The molecule has 148 valence electrons. The fourth-order valence-electron chi connectivity index (χ4n) is 3.26. The van der Waals surface area contributed by atoms with Crippen LogP contribution in [0.3, 0.4) is 0 Å². The maximum absolute atomic E-state index is 12.8. The van der Waals surface area contributed by atoms with Crippen LogP contribution in [0.15, 0.2) is 23.1 Å². The van der Waals surface area contributed by atoms with Crippen LogP contribution >= 0.6 is 11.8 Å². The highest BCUT2D eigenvalue weighted by Crippen LogP contribution is 2.40. The number of halogens is 3. The van der Waals surface area contributed by atoms with Crippen molar-refractivity contribution in [2.75, 3.05) is 25.0 Å². The first kappa shape index (κ1) is 20.0. The minimum atomic E-state index is -4.47. The summed E-state index contributed by atoms with van der Waals surface area (Å²) in [6.07, 6.45) is -2.73. The molecule has 1 fully saturated rings. The Morgan fingerprint density at radius 3 is 2.67 bits per heavy atom. The van der Waals surface area contributed by atoms with Crippen molar-refractivity contribution in [2.45, 2.75) is 48.6 Å². The minimum Gasteiger partial charge on any atom is -0.378 e. The van der Waals surface area contributed by atoms with E-state index < -0.39 is 22.9 Å². The number of ether oxygens (including phenoxy) is 1. The lowest BCUT2D eigenvalue weighted by molar-refractivity contribution is -0.137. The molecule has 0 spiro atoms. The zero-order valence-electron chi connectivity index (χ0n) is 14.8. The molecule has 1 saturated heterocycles. The van der Waals surface area contributed by atoms with Gasteiger partial charge in [-0.3, -0.25) is 9.59 Å². The van der Waals surface area contributed by atoms with Crippen LogP contribution in [0.5, 0.6) is 0 Å². The standard InChI is InChI=1S/C18H21F3N2O3S/c1-2-26-12-5-7-23(8-6-12)16(24)10-15-17(25)22-13-9-11(18(19,20)21)3-4-14(13)27-15/h3-4,9,12,15H,2,5-8,10H2,1H3,(H,22,25). The van der Waals surface area contributed by atoms with Crippen molar-refractivity contribution in [3.05, 3.63) is 23.8 Å². The molecule has 1 unspecified atom stereocenters. The molecule has 27 heavy (non-hydrogen) atoms. The Bertz CT molecular complexity index is 718. The Labute approximate surface area is 159 Å². The van der Waals surface area contributed by atoms with Crippen molar-refractivity contribution in [1.82, 2.24) is 4.90 Å². The van der Waals surface area contributed by atoms with Crippen molar-refractivity contribution in [1.29, 1.82) is 0 Å². The lowest BCUT2D eigenvalue weighted by Gasteiger charge is -2.33. The molecule has 0 aliphatic carbocycles. The highest BCUT2D eigenvalue weighted by Gasteiger charge is 2.35. The molecule has 0 saturated carbocycles. The van der Waals surface area contributed by atoms with Gasteiger partial charge in [0.1, 0.15) is 0 Å². The third kappa shape index (κ3) is 4.76. The fourth-order valence-corrected chi connectivity index (χ4v) is 4.34. The van der Waals surface area contributed by atoms with Gasteiger partial charge >= 0.3 is 6.18 Å². The number of piperidine rings is 1. The topological polar surface area (TPSA) is 58.6 Å². The smallest absolute Gasteiger partial charge is 0.378 e. The quantitative estimate of drug-likeness (QED) is 0.837. The summed E-state index contributed by atoms with van der Waals surface area (Å²) >= 11 is 1.13. The summed E-state index contributed by atoms with van der Waals surface area (Å²) < 4.78 is 44.0. The first-order valence-corrected chi connectivity index (χ1v) is 9.74. The first-order valence-electron chi connectivity index (χ1n) is 8.86. The fraction of sp³-hybridized carbons (Fsp3) is 0.556. The molecule has 3 rings (SSSR count). The molecule has 2 amide bonds. The van der Waals surface area contributed by atoms with Crippen LogP contribution in [0.2, 0.25) is 0 Å². The van der Waals surface area contributed by atoms with Crippen LogP contribution in [0.1, 0.15) is 31.7 Å². The van der Waals surface area contributed by atoms with Crippen molar-refractivity contribution in [3.8, 4) is 0 Å². The van der Waals surface area contributed by atoms with E-state index in [0.29, 0.717) is 24.6 Å². The van der Waals surface area contributed by atoms with Crippen LogP contribution in [0.4, 0.5) is 18.9 Å². The maximum Gasteiger partial charge on any atom is 0.416 e. The zero-order valence-corrected chi connectivity index (χ0v) is 15.7. The van der Waals surface area contributed by atoms with Crippen molar-refractivity contribution < 1.29 is 27.5 Å². The summed E-state index contributed by atoms with van der Waals surface area (Å²) in [6, 6.07) is 3.25. The van der Waals surface area contributed by atoms with E-state index in [4.69, 9.17) is 4.74 Å². The largest absolute Gasteiger partial charge is 0.416 e. The Balaban J connectivity index is 1.61. The molecule has 9 heteroatoms. The van der Waals surface area contributed by atoms with Gasteiger partial charge < -0.3 is 15.0 Å². The van der Waals surface area contributed by atoms with E-state index in [1.54, 1.807) is 4.90 Å². The average molecular weight is 402 g/mol. The van der Waals surface area contributed by atoms with Gasteiger partial charge in [0.25, 0.3) is 0 Å². The third-order valence-corrected chi connectivity index (χ3v) is 5.96. The molecule has 2 heterocycles. The number of alkyl halides is 3. The molecule has 1 aromatic carbocycles. The molecule has 2 aliphatic heterocycles. The Kier molecular flexibility index (Phi) is 6.00. The van der Waals surface area contributed by atoms with E-state index in [9.17, 15) is 22.8 Å². The van der Waals surface area contributed by atoms with Crippen LogP contribution < -0.4 is 5.32 Å². The first-order chi connectivity index (χ1) is 12.8. The summed E-state index contributed by atoms with van der Waals surface area (Å²) in [7, 11) is 0. The molecule has 1 N–H and O–H groups in total. The average Bonchev–Trinajstić information content (AvgIpc) is 2.62. The zero-order chi connectivity index (χ0) is 19.6. The van der Waals surface area contributed by atoms with Crippen molar-refractivity contribution in [2.24, 2.45) is 0 Å². The van der Waals surface area contributed by atoms with E-state index in [2.05, 4.69) is 5.32 Å². The third-order valence-electron chi connectivity index (χ3n) is 4.68. The number of amides is 2. The number of hydrogen-bond acceptors (Lipinski definition) is 4. The summed E-state index contributed by atoms with van der Waals surface area (Å²) in [4.78, 5) is 27.1. The number of benzene rings is 1. The normalized spacial score (nSPS) is 21.0. The summed E-state index contributed by atoms with van der Waals surface area (Å²) in [5.41, 5.74) is -0.671. The lowest BCUT2D eigenvalue weighted by atomic mass is 10.1. The minimum absolute atomic E-state index is 0.0241. The van der Waals surface area contributed by atoms with E-state index in [1.165, 1.54) is 6.07 Å². The molecule has 0 radical (unpaired) electrons. The highest BCUT2D eigenvalue weighted by molar-refractivity contribution is 8.01. The highest BCUT2D eigenvalue weighted by atomic mass is 32.2. The van der Waals surface area contributed by atoms with Crippen molar-refractivity contribution >= 4 is 29.3 Å². The SMILES string of the molecule is CCOC1CCN(C(=O)CC2Sc3ccc(C(F)(F)F)cc3NC2=O)CC1. The molecule has 5 nitrogen and oxygen atoms in total. The monoisotopic (exact) mass is 402 g/mol. The number of nitrogens with zero attached hydrogens (tertiary/aromatic N) is 1. The predicted molar refractivity (Wildman–Crippen MR) is 95.6 cm³/mol. The molecular weight excluding hydrogens is 381 g/mol. The second kappa shape index (κ2) is 8.10. The van der Waals surface area contributed by atoms with E-state index >= 15 is 0 Å². The number of rotatable bonds is 4. The van der Waals surface area contributed by atoms with Gasteiger partial charge in [-0.2, -0.15) is 13.2 Å². The second-order valence-electron chi connectivity index (χ2n) is 6.54. The van der Waals surface area contributed by atoms with E-state index in [0.717, 1.165) is 36.7 Å². The van der Waals surface area contributed by atoms with Gasteiger partial charge in [-0.15, -0.1) is 11.8 Å². The van der Waals surface area contributed by atoms with E-state index in [1.807, 2.05) is 6.92 Å². The second-order valence-corrected chi connectivity index (χ2v) is 7.79. The number of hydrogen-bond donors (Lipinski definition) is 1. The van der Waals surface area contributed by atoms with Gasteiger partial charge in [0, 0.05) is 31.0 Å². The van der Waals surface area contributed by atoms with Gasteiger partial charge in [0.2, 0.25) is 11.8 Å². The number of anilines is 1. The summed E-state index contributed by atoms with van der Waals surface area (Å²) in [5, 5.41) is 1.86. The summed E-state index contributed by atoms with van der Waals surface area (Å²) in [5.74, 6) is -0.558. The predicted octanol–water partition coefficient (Wildman–Crippen LogP) is 3.54. The van der Waals surface area contributed by atoms with Crippen LogP contribution in [0, 0.1) is 0 Å². The molecule has 1 aromatic rings. The van der Waals surface area contributed by atoms with Gasteiger partial charge in [0.05, 0.1) is 22.6 Å². The van der Waals surface area contributed by atoms with Gasteiger partial charge in [-0.1, -0.05) is 0 Å². The molecular formula is C18H21F3N2O3S. The Hall–Kier alpha value is -1.74. The Morgan fingerprint density at radius 2 is 2.04 bits per heavy atom. The van der Waals surface area contributed by atoms with Crippen LogP contribution in [-0.4, -0.2) is 47.8 Å².